The van der Waals surface area contributed by atoms with E-state index in [2.05, 4.69) is 6.92 Å². The van der Waals surface area contributed by atoms with E-state index in [-0.39, 0.29) is 18.2 Å². The standard InChI is InChI=1S/C14H27NO3/c1-13(2,3)18-12(17)15-10-6-5-8-14(15,4)9-7-11-16/h16H,5-11H2,1-4H3. The molecule has 1 fully saturated rings. The molecular formula is C14H27NO3. The summed E-state index contributed by atoms with van der Waals surface area (Å²) in [6, 6.07) is 0. The van der Waals surface area contributed by atoms with Crippen molar-refractivity contribution in [1.29, 1.82) is 0 Å². The summed E-state index contributed by atoms with van der Waals surface area (Å²) in [5.41, 5.74) is -0.615. The first-order chi connectivity index (χ1) is 8.28. The molecule has 1 saturated heterocycles. The zero-order valence-corrected chi connectivity index (χ0v) is 12.2. The quantitative estimate of drug-likeness (QED) is 0.845. The van der Waals surface area contributed by atoms with Crippen molar-refractivity contribution in [3.63, 3.8) is 0 Å². The molecule has 1 atom stereocenters. The number of piperidine rings is 1. The van der Waals surface area contributed by atoms with Crippen LogP contribution >= 0.6 is 0 Å². The van der Waals surface area contributed by atoms with Crippen molar-refractivity contribution in [2.45, 2.75) is 70.9 Å². The maximum Gasteiger partial charge on any atom is 0.410 e. The lowest BCUT2D eigenvalue weighted by Gasteiger charge is -2.45. The molecule has 0 aliphatic carbocycles. The van der Waals surface area contributed by atoms with Gasteiger partial charge in [0.15, 0.2) is 0 Å². The van der Waals surface area contributed by atoms with E-state index in [1.54, 1.807) is 0 Å². The predicted molar refractivity (Wildman–Crippen MR) is 71.5 cm³/mol. The number of likely N-dealkylation sites (tertiary alicyclic amines) is 1. The van der Waals surface area contributed by atoms with E-state index in [1.165, 1.54) is 0 Å². The van der Waals surface area contributed by atoms with Crippen molar-refractivity contribution in [1.82, 2.24) is 4.90 Å². The molecule has 1 heterocycles. The van der Waals surface area contributed by atoms with Crippen molar-refractivity contribution >= 4 is 6.09 Å². The number of carbonyl (C=O) groups is 1. The molecule has 1 aliphatic heterocycles. The highest BCUT2D eigenvalue weighted by Crippen LogP contribution is 2.33. The van der Waals surface area contributed by atoms with Crippen LogP contribution in [0.2, 0.25) is 0 Å². The molecule has 1 amide bonds. The Morgan fingerprint density at radius 1 is 1.39 bits per heavy atom. The van der Waals surface area contributed by atoms with Crippen LogP contribution in [-0.2, 0) is 4.74 Å². The lowest BCUT2D eigenvalue weighted by molar-refractivity contribution is -0.0147. The molecule has 18 heavy (non-hydrogen) atoms. The molecule has 0 spiro atoms. The van der Waals surface area contributed by atoms with Gasteiger partial charge in [0, 0.05) is 18.7 Å². The Balaban J connectivity index is 2.72. The van der Waals surface area contributed by atoms with Crippen LogP contribution in [0.25, 0.3) is 0 Å². The average molecular weight is 257 g/mol. The van der Waals surface area contributed by atoms with Crippen molar-refractivity contribution in [2.75, 3.05) is 13.2 Å². The Hall–Kier alpha value is -0.770. The van der Waals surface area contributed by atoms with Crippen LogP contribution in [0.5, 0.6) is 0 Å². The summed E-state index contributed by atoms with van der Waals surface area (Å²) in [4.78, 5) is 14.1. The molecule has 0 aromatic rings. The summed E-state index contributed by atoms with van der Waals surface area (Å²) in [6.07, 6.45) is 4.52. The predicted octanol–water partition coefficient (Wildman–Crippen LogP) is 2.94. The normalized spacial score (nSPS) is 25.1. The lowest BCUT2D eigenvalue weighted by Crippen LogP contribution is -2.54. The maximum absolute atomic E-state index is 12.2. The number of rotatable bonds is 3. The maximum atomic E-state index is 12.2. The molecule has 106 valence electrons. The van der Waals surface area contributed by atoms with Gasteiger partial charge < -0.3 is 14.7 Å². The highest BCUT2D eigenvalue weighted by Gasteiger charge is 2.38. The third-order valence-corrected chi connectivity index (χ3v) is 3.49. The van der Waals surface area contributed by atoms with Gasteiger partial charge in [0.05, 0.1) is 0 Å². The second-order valence-electron chi connectivity index (χ2n) is 6.41. The van der Waals surface area contributed by atoms with E-state index in [4.69, 9.17) is 9.84 Å². The van der Waals surface area contributed by atoms with Crippen LogP contribution in [0.15, 0.2) is 0 Å². The zero-order valence-electron chi connectivity index (χ0n) is 12.2. The molecule has 4 heteroatoms. The van der Waals surface area contributed by atoms with Gasteiger partial charge in [-0.15, -0.1) is 0 Å². The highest BCUT2D eigenvalue weighted by molar-refractivity contribution is 5.69. The Morgan fingerprint density at radius 2 is 2.06 bits per heavy atom. The molecule has 0 aromatic heterocycles. The van der Waals surface area contributed by atoms with Gasteiger partial charge >= 0.3 is 6.09 Å². The summed E-state index contributed by atoms with van der Waals surface area (Å²) >= 11 is 0. The number of nitrogens with zero attached hydrogens (tertiary/aromatic N) is 1. The van der Waals surface area contributed by atoms with E-state index in [0.29, 0.717) is 0 Å². The van der Waals surface area contributed by atoms with E-state index >= 15 is 0 Å². The summed E-state index contributed by atoms with van der Waals surface area (Å²) in [5, 5.41) is 8.99. The monoisotopic (exact) mass is 257 g/mol. The molecule has 0 saturated carbocycles. The van der Waals surface area contributed by atoms with Crippen LogP contribution in [-0.4, -0.2) is 40.4 Å². The third-order valence-electron chi connectivity index (χ3n) is 3.49. The fourth-order valence-corrected chi connectivity index (χ4v) is 2.53. The van der Waals surface area contributed by atoms with Gasteiger partial charge in [-0.3, -0.25) is 0 Å². The first-order valence-corrected chi connectivity index (χ1v) is 6.90. The minimum absolute atomic E-state index is 0.163. The zero-order chi connectivity index (χ0) is 13.8. The van der Waals surface area contributed by atoms with Crippen molar-refractivity contribution in [3.05, 3.63) is 0 Å². The van der Waals surface area contributed by atoms with E-state index in [9.17, 15) is 4.79 Å². The van der Waals surface area contributed by atoms with Gasteiger partial charge in [-0.25, -0.2) is 4.79 Å². The average Bonchev–Trinajstić information content (AvgIpc) is 2.24. The third kappa shape index (κ3) is 4.16. The first-order valence-electron chi connectivity index (χ1n) is 6.90. The number of hydrogen-bond donors (Lipinski definition) is 1. The van der Waals surface area contributed by atoms with Crippen molar-refractivity contribution < 1.29 is 14.6 Å². The SMILES string of the molecule is CC(C)(C)OC(=O)N1CCCCC1(C)CCCO. The number of aliphatic hydroxyl groups excluding tert-OH is 1. The second-order valence-corrected chi connectivity index (χ2v) is 6.41. The molecular weight excluding hydrogens is 230 g/mol. The lowest BCUT2D eigenvalue weighted by atomic mass is 9.85. The van der Waals surface area contributed by atoms with Gasteiger partial charge in [-0.2, -0.15) is 0 Å². The summed E-state index contributed by atoms with van der Waals surface area (Å²) in [5.74, 6) is 0. The van der Waals surface area contributed by atoms with Crippen LogP contribution in [0, 0.1) is 0 Å². The summed E-state index contributed by atoms with van der Waals surface area (Å²) < 4.78 is 5.48. The molecule has 1 N–H and O–H groups in total. The van der Waals surface area contributed by atoms with Crippen LogP contribution < -0.4 is 0 Å². The fourth-order valence-electron chi connectivity index (χ4n) is 2.53. The minimum Gasteiger partial charge on any atom is -0.444 e. The highest BCUT2D eigenvalue weighted by atomic mass is 16.6. The molecule has 0 aromatic carbocycles. The molecule has 1 unspecified atom stereocenters. The van der Waals surface area contributed by atoms with Gasteiger partial charge in [0.1, 0.15) is 5.60 Å². The number of amides is 1. The topological polar surface area (TPSA) is 49.8 Å². The number of ether oxygens (including phenoxy) is 1. The largest absolute Gasteiger partial charge is 0.444 e. The Kier molecular flexibility index (Phi) is 5.02. The van der Waals surface area contributed by atoms with Crippen LogP contribution in [0.3, 0.4) is 0 Å². The van der Waals surface area contributed by atoms with Gasteiger partial charge in [0.25, 0.3) is 0 Å². The smallest absolute Gasteiger partial charge is 0.410 e. The van der Waals surface area contributed by atoms with Gasteiger partial charge in [0.2, 0.25) is 0 Å². The van der Waals surface area contributed by atoms with Gasteiger partial charge in [-0.05, 0) is 59.8 Å². The Labute approximate surface area is 110 Å². The minimum atomic E-state index is -0.452. The first kappa shape index (κ1) is 15.3. The van der Waals surface area contributed by atoms with Gasteiger partial charge in [-0.1, -0.05) is 0 Å². The molecule has 1 aliphatic rings. The number of hydrogen-bond acceptors (Lipinski definition) is 3. The van der Waals surface area contributed by atoms with Crippen LogP contribution in [0.4, 0.5) is 4.79 Å². The molecule has 4 nitrogen and oxygen atoms in total. The Morgan fingerprint density at radius 3 is 2.61 bits per heavy atom. The second kappa shape index (κ2) is 5.91. The van der Waals surface area contributed by atoms with E-state index in [1.807, 2.05) is 25.7 Å². The Bertz CT molecular complexity index is 285. The van der Waals surface area contributed by atoms with Crippen molar-refractivity contribution in [2.24, 2.45) is 0 Å². The molecule has 0 bridgehead atoms. The van der Waals surface area contributed by atoms with E-state index < -0.39 is 5.60 Å². The number of aliphatic hydroxyl groups is 1. The fraction of sp³-hybridized carbons (Fsp3) is 0.929. The molecule has 0 radical (unpaired) electrons. The van der Waals surface area contributed by atoms with Crippen LogP contribution in [0.1, 0.15) is 59.8 Å². The number of carbonyl (C=O) groups excluding carboxylic acids is 1. The van der Waals surface area contributed by atoms with E-state index in [0.717, 1.165) is 38.6 Å². The molecule has 1 rings (SSSR count). The van der Waals surface area contributed by atoms with Crippen molar-refractivity contribution in [3.8, 4) is 0 Å². The summed E-state index contributed by atoms with van der Waals surface area (Å²) in [7, 11) is 0. The summed E-state index contributed by atoms with van der Waals surface area (Å²) in [6.45, 7) is 8.71.